The number of hydrogen-bond acceptors (Lipinski definition) is 4. The van der Waals surface area contributed by atoms with Crippen LogP contribution in [0.4, 0.5) is 0 Å². The molecule has 0 saturated carbocycles. The Hall–Kier alpha value is -2.17. The van der Waals surface area contributed by atoms with Gasteiger partial charge in [-0.2, -0.15) is 0 Å². The summed E-state index contributed by atoms with van der Waals surface area (Å²) in [7, 11) is 0. The molecule has 0 aliphatic rings. The fraction of sp³-hybridized carbons (Fsp3) is 0.723. The van der Waals surface area contributed by atoms with E-state index in [0.717, 1.165) is 64.2 Å². The van der Waals surface area contributed by atoms with E-state index in [-0.39, 0.29) is 19.2 Å². The summed E-state index contributed by atoms with van der Waals surface area (Å²) in [5.74, 6) is -0.218. The minimum absolute atomic E-state index is 0.184. The predicted molar refractivity (Wildman–Crippen MR) is 223 cm³/mol. The van der Waals surface area contributed by atoms with Gasteiger partial charge in [-0.1, -0.05) is 177 Å². The van der Waals surface area contributed by atoms with Crippen LogP contribution in [0.1, 0.15) is 194 Å². The average molecular weight is 711 g/mol. The van der Waals surface area contributed by atoms with Crippen LogP contribution in [0.5, 0.6) is 0 Å². The monoisotopic (exact) mass is 711 g/mol. The first-order valence-electron chi connectivity index (χ1n) is 21.5. The van der Waals surface area contributed by atoms with Gasteiger partial charge in [-0.25, -0.2) is 0 Å². The van der Waals surface area contributed by atoms with Crippen LogP contribution in [-0.4, -0.2) is 37.0 Å². The molecule has 0 amide bonds. The van der Waals surface area contributed by atoms with Crippen LogP contribution >= 0.6 is 0 Å². The second-order valence-electron chi connectivity index (χ2n) is 14.0. The molecule has 0 fully saturated rings. The second kappa shape index (κ2) is 44.0. The smallest absolute Gasteiger partial charge is 0.306 e. The number of hydrogen-bond donors (Lipinski definition) is 1. The summed E-state index contributed by atoms with van der Waals surface area (Å²) in [5, 5.41) is 9.60. The lowest BCUT2D eigenvalue weighted by Crippen LogP contribution is -2.27. The quantitative estimate of drug-likeness (QED) is 0.0392. The molecule has 0 aliphatic carbocycles. The molecule has 0 radical (unpaired) electrons. The van der Waals surface area contributed by atoms with Crippen LogP contribution in [0.3, 0.4) is 0 Å². The number of esters is 1. The maximum atomic E-state index is 12.2. The molecule has 0 aromatic rings. The Balaban J connectivity index is 3.50. The number of aliphatic hydroxyl groups excluding tert-OH is 1. The molecule has 1 N–H and O–H groups in total. The van der Waals surface area contributed by atoms with Crippen molar-refractivity contribution in [2.75, 3.05) is 19.8 Å². The Kier molecular flexibility index (Phi) is 42.1. The van der Waals surface area contributed by atoms with E-state index < -0.39 is 6.10 Å². The maximum Gasteiger partial charge on any atom is 0.306 e. The fourth-order valence-electron chi connectivity index (χ4n) is 5.82. The fourth-order valence-corrected chi connectivity index (χ4v) is 5.82. The van der Waals surface area contributed by atoms with E-state index in [1.165, 1.54) is 109 Å². The van der Waals surface area contributed by atoms with Crippen LogP contribution in [0.25, 0.3) is 0 Å². The van der Waals surface area contributed by atoms with Crippen molar-refractivity contribution in [3.8, 4) is 0 Å². The second-order valence-corrected chi connectivity index (χ2v) is 14.0. The Bertz CT molecular complexity index is 881. The van der Waals surface area contributed by atoms with E-state index >= 15 is 0 Å². The summed E-state index contributed by atoms with van der Waals surface area (Å²) in [5.41, 5.74) is 0. The topological polar surface area (TPSA) is 55.8 Å². The first-order chi connectivity index (χ1) is 25.2. The van der Waals surface area contributed by atoms with Gasteiger partial charge in [0.05, 0.1) is 13.2 Å². The van der Waals surface area contributed by atoms with E-state index in [2.05, 4.69) is 86.8 Å². The molecule has 4 nitrogen and oxygen atoms in total. The summed E-state index contributed by atoms with van der Waals surface area (Å²) in [6.45, 7) is 5.19. The molecular formula is C47H82O4. The highest BCUT2D eigenvalue weighted by molar-refractivity contribution is 5.69. The van der Waals surface area contributed by atoms with E-state index in [1.54, 1.807) is 0 Å². The number of rotatable bonds is 39. The van der Waals surface area contributed by atoms with Crippen molar-refractivity contribution < 1.29 is 19.4 Å². The number of carbonyl (C=O) groups is 1. The molecule has 0 bridgehead atoms. The molecule has 0 aromatic heterocycles. The van der Waals surface area contributed by atoms with Gasteiger partial charge in [0.2, 0.25) is 0 Å². The van der Waals surface area contributed by atoms with Gasteiger partial charge < -0.3 is 14.6 Å². The van der Waals surface area contributed by atoms with E-state index in [9.17, 15) is 9.90 Å². The van der Waals surface area contributed by atoms with Crippen molar-refractivity contribution in [1.82, 2.24) is 0 Å². The van der Waals surface area contributed by atoms with Crippen molar-refractivity contribution in [2.45, 2.75) is 200 Å². The highest BCUT2D eigenvalue weighted by atomic mass is 16.6. The molecule has 1 unspecified atom stereocenters. The molecule has 51 heavy (non-hydrogen) atoms. The van der Waals surface area contributed by atoms with Gasteiger partial charge in [-0.15, -0.1) is 0 Å². The first kappa shape index (κ1) is 48.8. The predicted octanol–water partition coefficient (Wildman–Crippen LogP) is 14.2. The van der Waals surface area contributed by atoms with Gasteiger partial charge in [0, 0.05) is 13.0 Å². The van der Waals surface area contributed by atoms with Crippen molar-refractivity contribution in [3.05, 3.63) is 72.9 Å². The van der Waals surface area contributed by atoms with Crippen molar-refractivity contribution in [2.24, 2.45) is 0 Å². The Labute approximate surface area is 317 Å². The summed E-state index contributed by atoms with van der Waals surface area (Å²) in [6.07, 6.45) is 59.6. The molecule has 0 saturated heterocycles. The van der Waals surface area contributed by atoms with Crippen LogP contribution in [-0.2, 0) is 14.3 Å². The lowest BCUT2D eigenvalue weighted by atomic mass is 10.1. The molecule has 1 atom stereocenters. The highest BCUT2D eigenvalue weighted by Gasteiger charge is 2.13. The van der Waals surface area contributed by atoms with Crippen LogP contribution < -0.4 is 0 Å². The summed E-state index contributed by atoms with van der Waals surface area (Å²) >= 11 is 0. The van der Waals surface area contributed by atoms with Gasteiger partial charge in [0.25, 0.3) is 0 Å². The van der Waals surface area contributed by atoms with E-state index in [1.807, 2.05) is 0 Å². The summed E-state index contributed by atoms with van der Waals surface area (Å²) in [6, 6.07) is 0. The zero-order valence-electron chi connectivity index (χ0n) is 33.6. The maximum absolute atomic E-state index is 12.2. The lowest BCUT2D eigenvalue weighted by molar-refractivity contribution is -0.154. The Morgan fingerprint density at radius 1 is 0.490 bits per heavy atom. The number of ether oxygens (including phenoxy) is 2. The van der Waals surface area contributed by atoms with Gasteiger partial charge >= 0.3 is 5.97 Å². The van der Waals surface area contributed by atoms with Gasteiger partial charge in [-0.05, 0) is 83.5 Å². The SMILES string of the molecule is CC/C=C\C/C=C\C/C=C\CCCCCCCCCCOCC(CO)OC(=O)CCCCCCCC/C=C\C/C=C\C/C=C\CCCCCCC. The van der Waals surface area contributed by atoms with Crippen molar-refractivity contribution in [1.29, 1.82) is 0 Å². The third-order valence-electron chi connectivity index (χ3n) is 9.02. The van der Waals surface area contributed by atoms with Gasteiger partial charge in [-0.3, -0.25) is 4.79 Å². The minimum atomic E-state index is -0.549. The number of unbranched alkanes of at least 4 members (excludes halogenated alkanes) is 19. The molecular weight excluding hydrogens is 629 g/mol. The molecule has 294 valence electrons. The standard InChI is InChI=1S/C47H82O4/c1-3-5-7-9-11-13-15-17-19-21-23-24-25-26-28-30-32-34-36-38-40-42-47(49)51-46(44-48)45-50-43-41-39-37-35-33-31-29-27-22-20-18-16-14-12-10-8-6-4-2/h6,8,12,14-15,17-18,20-21,23,25-26,46,48H,3-5,7,9-11,13,16,19,22,24,27-45H2,1-2H3/b8-6-,14-12-,17-15-,20-18-,23-21-,26-25-. The zero-order chi connectivity index (χ0) is 37.0. The number of aliphatic hydroxyl groups is 1. The highest BCUT2D eigenvalue weighted by Crippen LogP contribution is 2.12. The normalized spacial score (nSPS) is 13.1. The van der Waals surface area contributed by atoms with E-state index in [0.29, 0.717) is 13.0 Å². The van der Waals surface area contributed by atoms with Crippen molar-refractivity contribution >= 4 is 5.97 Å². The number of carbonyl (C=O) groups excluding carboxylic acids is 1. The zero-order valence-corrected chi connectivity index (χ0v) is 33.6. The van der Waals surface area contributed by atoms with E-state index in [4.69, 9.17) is 9.47 Å². The van der Waals surface area contributed by atoms with Gasteiger partial charge in [0.15, 0.2) is 0 Å². The Morgan fingerprint density at radius 3 is 1.33 bits per heavy atom. The Morgan fingerprint density at radius 2 is 0.882 bits per heavy atom. The molecule has 0 aliphatic heterocycles. The number of allylic oxidation sites excluding steroid dienone is 12. The van der Waals surface area contributed by atoms with Gasteiger partial charge in [0.1, 0.15) is 6.10 Å². The molecule has 0 aromatic carbocycles. The largest absolute Gasteiger partial charge is 0.457 e. The van der Waals surface area contributed by atoms with Crippen LogP contribution in [0.2, 0.25) is 0 Å². The minimum Gasteiger partial charge on any atom is -0.457 e. The summed E-state index contributed by atoms with van der Waals surface area (Å²) in [4.78, 5) is 12.2. The molecule has 0 spiro atoms. The molecule has 4 heteroatoms. The molecule has 0 heterocycles. The van der Waals surface area contributed by atoms with Crippen LogP contribution in [0.15, 0.2) is 72.9 Å². The summed E-state index contributed by atoms with van der Waals surface area (Å²) < 4.78 is 11.2. The lowest BCUT2D eigenvalue weighted by Gasteiger charge is -2.15. The third kappa shape index (κ3) is 42.1. The molecule has 0 rings (SSSR count). The third-order valence-corrected chi connectivity index (χ3v) is 9.02. The van der Waals surface area contributed by atoms with Crippen LogP contribution in [0, 0.1) is 0 Å². The first-order valence-corrected chi connectivity index (χ1v) is 21.5. The van der Waals surface area contributed by atoms with Crippen molar-refractivity contribution in [3.63, 3.8) is 0 Å². The average Bonchev–Trinajstić information content (AvgIpc) is 3.14.